The van der Waals surface area contributed by atoms with Gasteiger partial charge in [0.05, 0.1) is 6.61 Å². The molecule has 2 aromatic rings. The quantitative estimate of drug-likeness (QED) is 0.826. The number of hydrogen-bond acceptors (Lipinski definition) is 6. The molecule has 6 heteroatoms. The zero-order valence-corrected chi connectivity index (χ0v) is 10.1. The first-order valence-electron chi connectivity index (χ1n) is 5.86. The number of methoxy groups -OCH3 is 1. The van der Waals surface area contributed by atoms with Crippen LogP contribution in [0.1, 0.15) is 23.9 Å². The molecule has 1 atom stereocenters. The molecule has 3 heterocycles. The summed E-state index contributed by atoms with van der Waals surface area (Å²) in [6.45, 7) is 1.84. The van der Waals surface area contributed by atoms with E-state index in [1.165, 1.54) is 0 Å². The van der Waals surface area contributed by atoms with E-state index in [9.17, 15) is 0 Å². The smallest absolute Gasteiger partial charge is 0.293 e. The number of furan rings is 1. The Labute approximate surface area is 104 Å². The lowest BCUT2D eigenvalue weighted by Crippen LogP contribution is -1.99. The zero-order valence-electron chi connectivity index (χ0n) is 10.1. The average molecular weight is 250 g/mol. The predicted molar refractivity (Wildman–Crippen MR) is 60.9 cm³/mol. The molecule has 1 saturated heterocycles. The molecule has 1 fully saturated rings. The SMILES string of the molecule is COCc1ccc(-c2nc([C@H]3CCOC3)no2)o1. The van der Waals surface area contributed by atoms with Crippen molar-refractivity contribution in [1.82, 2.24) is 10.1 Å². The molecule has 1 aliphatic heterocycles. The van der Waals surface area contributed by atoms with Gasteiger partial charge >= 0.3 is 0 Å². The fraction of sp³-hybridized carbons (Fsp3) is 0.500. The molecule has 1 aliphatic rings. The molecule has 2 aromatic heterocycles. The second-order valence-electron chi connectivity index (χ2n) is 4.22. The van der Waals surface area contributed by atoms with Crippen molar-refractivity contribution in [3.8, 4) is 11.7 Å². The van der Waals surface area contributed by atoms with Crippen molar-refractivity contribution < 1.29 is 18.4 Å². The lowest BCUT2D eigenvalue weighted by Gasteiger charge is -1.97. The standard InChI is InChI=1S/C12H14N2O4/c1-15-7-9-2-3-10(17-9)12-13-11(14-18-12)8-4-5-16-6-8/h2-3,8H,4-7H2,1H3/t8-/m0/s1. The highest BCUT2D eigenvalue weighted by molar-refractivity contribution is 5.44. The van der Waals surface area contributed by atoms with E-state index >= 15 is 0 Å². The van der Waals surface area contributed by atoms with Gasteiger partial charge in [-0.3, -0.25) is 0 Å². The highest BCUT2D eigenvalue weighted by Gasteiger charge is 2.24. The van der Waals surface area contributed by atoms with Crippen LogP contribution in [0.15, 0.2) is 21.1 Å². The third-order valence-electron chi connectivity index (χ3n) is 2.90. The highest BCUT2D eigenvalue weighted by atomic mass is 16.5. The fourth-order valence-electron chi connectivity index (χ4n) is 1.95. The van der Waals surface area contributed by atoms with Crippen LogP contribution < -0.4 is 0 Å². The molecular formula is C12H14N2O4. The molecule has 0 bridgehead atoms. The minimum Gasteiger partial charge on any atom is -0.453 e. The second-order valence-corrected chi connectivity index (χ2v) is 4.22. The molecule has 0 aliphatic carbocycles. The van der Waals surface area contributed by atoms with Gasteiger partial charge in [-0.15, -0.1) is 0 Å². The molecule has 0 saturated carbocycles. The third-order valence-corrected chi connectivity index (χ3v) is 2.90. The minimum absolute atomic E-state index is 0.232. The molecule has 6 nitrogen and oxygen atoms in total. The highest BCUT2D eigenvalue weighted by Crippen LogP contribution is 2.26. The van der Waals surface area contributed by atoms with Gasteiger partial charge in [-0.05, 0) is 18.6 Å². The third kappa shape index (κ3) is 2.16. The van der Waals surface area contributed by atoms with Gasteiger partial charge in [0, 0.05) is 19.6 Å². The van der Waals surface area contributed by atoms with Crippen LogP contribution in [0, 0.1) is 0 Å². The summed E-state index contributed by atoms with van der Waals surface area (Å²) in [4.78, 5) is 4.34. The number of rotatable bonds is 4. The van der Waals surface area contributed by atoms with Crippen LogP contribution in [-0.4, -0.2) is 30.5 Å². The molecule has 0 N–H and O–H groups in total. The first kappa shape index (κ1) is 11.4. The van der Waals surface area contributed by atoms with E-state index in [-0.39, 0.29) is 5.92 Å². The fourth-order valence-corrected chi connectivity index (χ4v) is 1.95. The number of nitrogens with zero attached hydrogens (tertiary/aromatic N) is 2. The Hall–Kier alpha value is -1.66. The monoisotopic (exact) mass is 250 g/mol. The van der Waals surface area contributed by atoms with Crippen LogP contribution in [0.3, 0.4) is 0 Å². The summed E-state index contributed by atoms with van der Waals surface area (Å²) in [7, 11) is 1.62. The van der Waals surface area contributed by atoms with Gasteiger partial charge in [0.1, 0.15) is 12.4 Å². The van der Waals surface area contributed by atoms with E-state index in [2.05, 4.69) is 10.1 Å². The second kappa shape index (κ2) is 4.91. The van der Waals surface area contributed by atoms with Gasteiger partial charge in [-0.25, -0.2) is 0 Å². The van der Waals surface area contributed by atoms with E-state index in [0.717, 1.165) is 18.8 Å². The lowest BCUT2D eigenvalue weighted by atomic mass is 10.1. The van der Waals surface area contributed by atoms with E-state index in [1.54, 1.807) is 13.2 Å². The maximum absolute atomic E-state index is 5.53. The van der Waals surface area contributed by atoms with Gasteiger partial charge in [-0.2, -0.15) is 4.98 Å². The summed E-state index contributed by atoms with van der Waals surface area (Å²) in [5, 5.41) is 3.97. The number of aromatic nitrogens is 2. The van der Waals surface area contributed by atoms with Crippen molar-refractivity contribution in [3.63, 3.8) is 0 Å². The Morgan fingerprint density at radius 1 is 1.44 bits per heavy atom. The molecule has 18 heavy (non-hydrogen) atoms. The minimum atomic E-state index is 0.232. The summed E-state index contributed by atoms with van der Waals surface area (Å²) >= 11 is 0. The maximum atomic E-state index is 5.53. The van der Waals surface area contributed by atoms with Crippen LogP contribution in [-0.2, 0) is 16.1 Å². The van der Waals surface area contributed by atoms with Crippen LogP contribution in [0.2, 0.25) is 0 Å². The van der Waals surface area contributed by atoms with Gasteiger partial charge in [0.15, 0.2) is 11.6 Å². The summed E-state index contributed by atoms with van der Waals surface area (Å²) in [6, 6.07) is 3.64. The van der Waals surface area contributed by atoms with Crippen molar-refractivity contribution in [3.05, 3.63) is 23.7 Å². The average Bonchev–Trinajstić information content (AvgIpc) is 3.10. The van der Waals surface area contributed by atoms with Gasteiger partial charge < -0.3 is 18.4 Å². The normalized spacial score (nSPS) is 19.5. The summed E-state index contributed by atoms with van der Waals surface area (Å²) in [5.41, 5.74) is 0. The molecule has 0 radical (unpaired) electrons. The molecule has 96 valence electrons. The zero-order chi connectivity index (χ0) is 12.4. The molecule has 0 unspecified atom stereocenters. The Morgan fingerprint density at radius 2 is 2.39 bits per heavy atom. The van der Waals surface area contributed by atoms with E-state index in [0.29, 0.717) is 30.7 Å². The number of ether oxygens (including phenoxy) is 2. The number of hydrogen-bond donors (Lipinski definition) is 0. The topological polar surface area (TPSA) is 70.5 Å². The van der Waals surface area contributed by atoms with Crippen molar-refractivity contribution in [2.45, 2.75) is 18.9 Å². The Morgan fingerprint density at radius 3 is 3.17 bits per heavy atom. The largest absolute Gasteiger partial charge is 0.453 e. The summed E-state index contributed by atoms with van der Waals surface area (Å²) < 4.78 is 21.0. The van der Waals surface area contributed by atoms with Crippen molar-refractivity contribution >= 4 is 0 Å². The Kier molecular flexibility index (Phi) is 3.12. The first-order chi connectivity index (χ1) is 8.86. The van der Waals surface area contributed by atoms with Crippen molar-refractivity contribution in [1.29, 1.82) is 0 Å². The molecular weight excluding hydrogens is 236 g/mol. The van der Waals surface area contributed by atoms with E-state index in [4.69, 9.17) is 18.4 Å². The van der Waals surface area contributed by atoms with E-state index in [1.807, 2.05) is 6.07 Å². The maximum Gasteiger partial charge on any atom is 0.293 e. The van der Waals surface area contributed by atoms with Crippen LogP contribution in [0.25, 0.3) is 11.7 Å². The Balaban J connectivity index is 1.78. The van der Waals surface area contributed by atoms with Crippen molar-refractivity contribution in [2.75, 3.05) is 20.3 Å². The van der Waals surface area contributed by atoms with Crippen LogP contribution in [0.4, 0.5) is 0 Å². The van der Waals surface area contributed by atoms with Crippen molar-refractivity contribution in [2.24, 2.45) is 0 Å². The van der Waals surface area contributed by atoms with Gasteiger partial charge in [-0.1, -0.05) is 5.16 Å². The summed E-state index contributed by atoms with van der Waals surface area (Å²) in [6.07, 6.45) is 0.937. The molecule has 0 spiro atoms. The Bertz CT molecular complexity index is 514. The predicted octanol–water partition coefficient (Wildman–Crippen LogP) is 1.98. The molecule has 0 amide bonds. The van der Waals surface area contributed by atoms with E-state index < -0.39 is 0 Å². The van der Waals surface area contributed by atoms with Gasteiger partial charge in [0.2, 0.25) is 0 Å². The lowest BCUT2D eigenvalue weighted by molar-refractivity contribution is 0.164. The first-order valence-corrected chi connectivity index (χ1v) is 5.86. The summed E-state index contributed by atoms with van der Waals surface area (Å²) in [5.74, 6) is 2.62. The van der Waals surface area contributed by atoms with Crippen LogP contribution >= 0.6 is 0 Å². The van der Waals surface area contributed by atoms with Crippen LogP contribution in [0.5, 0.6) is 0 Å². The molecule has 3 rings (SSSR count). The molecule has 0 aromatic carbocycles. The van der Waals surface area contributed by atoms with Gasteiger partial charge in [0.25, 0.3) is 5.89 Å².